The van der Waals surface area contributed by atoms with Gasteiger partial charge in [-0.25, -0.2) is 0 Å². The number of hydrogen-bond donors (Lipinski definition) is 1. The zero-order chi connectivity index (χ0) is 13.3. The molecule has 2 nitrogen and oxygen atoms in total. The third-order valence-electron chi connectivity index (χ3n) is 2.60. The number of nitrogens with zero attached hydrogens (tertiary/aromatic N) is 1. The Morgan fingerprint density at radius 1 is 1.33 bits per heavy atom. The molecule has 1 aromatic carbocycles. The molecule has 0 atom stereocenters. The molecule has 2 rings (SSSR count). The second-order valence-corrected chi connectivity index (χ2v) is 7.51. The van der Waals surface area contributed by atoms with Crippen molar-refractivity contribution in [2.75, 3.05) is 11.1 Å². The highest BCUT2D eigenvalue weighted by Crippen LogP contribution is 2.35. The van der Waals surface area contributed by atoms with Crippen molar-refractivity contribution in [1.29, 1.82) is 0 Å². The lowest BCUT2D eigenvalue weighted by molar-refractivity contribution is 0.507. The van der Waals surface area contributed by atoms with Gasteiger partial charge in [-0.2, -0.15) is 0 Å². The number of hydrogen-bond acceptors (Lipinski definition) is 3. The molecule has 0 amide bonds. The molecule has 1 heterocycles. The zero-order valence-electron chi connectivity index (χ0n) is 10.1. The standard InChI is InChI=1S/C12H13BrCl2N2S/c1-12(2)3-4-18-11(17-12)16-10-8(14)5-7(13)6-9(10)15/h5-6H,3-4H2,1-2H3,(H,16,17). The van der Waals surface area contributed by atoms with Crippen molar-refractivity contribution >= 4 is 61.7 Å². The number of anilines is 1. The van der Waals surface area contributed by atoms with Crippen LogP contribution in [0.4, 0.5) is 5.69 Å². The molecular formula is C12H13BrCl2N2S. The van der Waals surface area contributed by atoms with Crippen molar-refractivity contribution in [1.82, 2.24) is 0 Å². The summed E-state index contributed by atoms with van der Waals surface area (Å²) in [6.45, 7) is 4.25. The maximum Gasteiger partial charge on any atom is 0.161 e. The van der Waals surface area contributed by atoms with E-state index in [1.165, 1.54) is 0 Å². The molecule has 1 N–H and O–H groups in total. The van der Waals surface area contributed by atoms with E-state index in [0.29, 0.717) is 15.7 Å². The van der Waals surface area contributed by atoms with E-state index in [4.69, 9.17) is 23.2 Å². The van der Waals surface area contributed by atoms with Crippen molar-refractivity contribution < 1.29 is 0 Å². The molecule has 0 fully saturated rings. The van der Waals surface area contributed by atoms with Crippen molar-refractivity contribution in [3.05, 3.63) is 26.7 Å². The minimum absolute atomic E-state index is 0.0259. The first-order valence-electron chi connectivity index (χ1n) is 5.52. The molecule has 0 saturated heterocycles. The lowest BCUT2D eigenvalue weighted by atomic mass is 10.0. The van der Waals surface area contributed by atoms with Crippen LogP contribution in [-0.2, 0) is 0 Å². The summed E-state index contributed by atoms with van der Waals surface area (Å²) in [5.74, 6) is 1.05. The minimum atomic E-state index is -0.0259. The Morgan fingerprint density at radius 3 is 2.50 bits per heavy atom. The highest BCUT2D eigenvalue weighted by atomic mass is 79.9. The fourth-order valence-corrected chi connectivity index (χ4v) is 4.18. The van der Waals surface area contributed by atoms with Gasteiger partial charge in [0.2, 0.25) is 0 Å². The van der Waals surface area contributed by atoms with E-state index in [-0.39, 0.29) is 5.54 Å². The Hall–Kier alpha value is 0.1000. The Bertz CT molecular complexity index is 480. The van der Waals surface area contributed by atoms with Crippen LogP contribution in [0.1, 0.15) is 20.3 Å². The van der Waals surface area contributed by atoms with Gasteiger partial charge in [-0.05, 0) is 32.4 Å². The molecular weight excluding hydrogens is 355 g/mol. The second-order valence-electron chi connectivity index (χ2n) is 4.70. The summed E-state index contributed by atoms with van der Waals surface area (Å²) >= 11 is 17.4. The molecule has 1 aliphatic heterocycles. The number of amidine groups is 1. The van der Waals surface area contributed by atoms with Crippen LogP contribution in [0, 0.1) is 0 Å². The Kier molecular flexibility index (Phi) is 4.52. The summed E-state index contributed by atoms with van der Waals surface area (Å²) in [5, 5.41) is 5.27. The molecule has 6 heteroatoms. The number of benzene rings is 1. The van der Waals surface area contributed by atoms with E-state index < -0.39 is 0 Å². The Morgan fingerprint density at radius 2 is 1.94 bits per heavy atom. The Balaban J connectivity index is 2.27. The van der Waals surface area contributed by atoms with Crippen LogP contribution < -0.4 is 5.32 Å². The quantitative estimate of drug-likeness (QED) is 0.714. The van der Waals surface area contributed by atoms with E-state index in [9.17, 15) is 0 Å². The van der Waals surface area contributed by atoms with Crippen LogP contribution in [0.2, 0.25) is 10.0 Å². The average Bonchev–Trinajstić information content (AvgIpc) is 2.22. The van der Waals surface area contributed by atoms with Crippen molar-refractivity contribution in [2.45, 2.75) is 25.8 Å². The fourth-order valence-electron chi connectivity index (χ4n) is 1.59. The zero-order valence-corrected chi connectivity index (χ0v) is 14.0. The van der Waals surface area contributed by atoms with Gasteiger partial charge in [-0.3, -0.25) is 4.99 Å². The molecule has 0 aliphatic carbocycles. The van der Waals surface area contributed by atoms with Gasteiger partial charge in [-0.15, -0.1) is 0 Å². The van der Waals surface area contributed by atoms with Crippen LogP contribution >= 0.6 is 50.9 Å². The average molecular weight is 368 g/mol. The predicted molar refractivity (Wildman–Crippen MR) is 86.4 cm³/mol. The third-order valence-corrected chi connectivity index (χ3v) is 4.52. The number of thioether (sulfide) groups is 1. The second kappa shape index (κ2) is 5.61. The highest BCUT2D eigenvalue weighted by Gasteiger charge is 2.23. The topological polar surface area (TPSA) is 24.4 Å². The molecule has 0 saturated carbocycles. The largest absolute Gasteiger partial charge is 0.333 e. The maximum atomic E-state index is 6.18. The summed E-state index contributed by atoms with van der Waals surface area (Å²) in [4.78, 5) is 4.65. The predicted octanol–water partition coefficient (Wildman–Crippen LogP) is 5.44. The molecule has 0 aromatic heterocycles. The van der Waals surface area contributed by atoms with Gasteiger partial charge < -0.3 is 5.32 Å². The van der Waals surface area contributed by atoms with Gasteiger partial charge in [0.25, 0.3) is 0 Å². The number of halogens is 3. The molecule has 0 radical (unpaired) electrons. The summed E-state index contributed by atoms with van der Waals surface area (Å²) in [7, 11) is 0. The number of rotatable bonds is 1. The van der Waals surface area contributed by atoms with E-state index in [1.807, 2.05) is 12.1 Å². The van der Waals surface area contributed by atoms with E-state index in [0.717, 1.165) is 21.8 Å². The van der Waals surface area contributed by atoms with Crippen LogP contribution in [0.3, 0.4) is 0 Å². The van der Waals surface area contributed by atoms with E-state index in [2.05, 4.69) is 40.1 Å². The summed E-state index contributed by atoms with van der Waals surface area (Å²) in [6, 6.07) is 3.63. The van der Waals surface area contributed by atoms with Crippen molar-refractivity contribution in [2.24, 2.45) is 4.99 Å². The van der Waals surface area contributed by atoms with Crippen molar-refractivity contribution in [3.8, 4) is 0 Å². The first kappa shape index (κ1) is 14.5. The summed E-state index contributed by atoms with van der Waals surface area (Å²) < 4.78 is 0.863. The first-order chi connectivity index (χ1) is 8.37. The van der Waals surface area contributed by atoms with Gasteiger partial charge in [0.1, 0.15) is 0 Å². The maximum absolute atomic E-state index is 6.18. The van der Waals surface area contributed by atoms with Crippen LogP contribution in [-0.4, -0.2) is 16.5 Å². The fraction of sp³-hybridized carbons (Fsp3) is 0.417. The normalized spacial score (nSPS) is 18.4. The first-order valence-corrected chi connectivity index (χ1v) is 8.05. The number of aliphatic imine (C=N–C) groups is 1. The molecule has 0 bridgehead atoms. The number of nitrogens with one attached hydrogen (secondary N) is 1. The SMILES string of the molecule is CC1(C)CCSC(Nc2c(Cl)cc(Br)cc2Cl)=N1. The van der Waals surface area contributed by atoms with Gasteiger partial charge in [0.15, 0.2) is 5.17 Å². The lowest BCUT2D eigenvalue weighted by Gasteiger charge is -2.26. The minimum Gasteiger partial charge on any atom is -0.333 e. The smallest absolute Gasteiger partial charge is 0.161 e. The monoisotopic (exact) mass is 366 g/mol. The lowest BCUT2D eigenvalue weighted by Crippen LogP contribution is -2.27. The van der Waals surface area contributed by atoms with Gasteiger partial charge in [0.05, 0.1) is 21.3 Å². The Labute approximate surface area is 130 Å². The molecule has 0 unspecified atom stereocenters. The molecule has 1 aliphatic rings. The van der Waals surface area contributed by atoms with Gasteiger partial charge in [-0.1, -0.05) is 50.9 Å². The summed E-state index contributed by atoms with van der Waals surface area (Å²) in [5.41, 5.74) is 0.688. The molecule has 0 spiro atoms. The van der Waals surface area contributed by atoms with Crippen LogP contribution in [0.25, 0.3) is 0 Å². The van der Waals surface area contributed by atoms with Crippen molar-refractivity contribution in [3.63, 3.8) is 0 Å². The third kappa shape index (κ3) is 3.56. The molecule has 18 heavy (non-hydrogen) atoms. The van der Waals surface area contributed by atoms with Gasteiger partial charge >= 0.3 is 0 Å². The van der Waals surface area contributed by atoms with E-state index >= 15 is 0 Å². The molecule has 1 aromatic rings. The van der Waals surface area contributed by atoms with Crippen LogP contribution in [0.15, 0.2) is 21.6 Å². The summed E-state index contributed by atoms with van der Waals surface area (Å²) in [6.07, 6.45) is 1.07. The van der Waals surface area contributed by atoms with Gasteiger partial charge in [0, 0.05) is 10.2 Å². The van der Waals surface area contributed by atoms with Crippen LogP contribution in [0.5, 0.6) is 0 Å². The van der Waals surface area contributed by atoms with E-state index in [1.54, 1.807) is 11.8 Å². The highest BCUT2D eigenvalue weighted by molar-refractivity contribution is 9.10. The molecule has 98 valence electrons.